The van der Waals surface area contributed by atoms with Crippen LogP contribution in [0.5, 0.6) is 0 Å². The normalized spacial score (nSPS) is 23.5. The highest BCUT2D eigenvalue weighted by atomic mass is 19.3. The summed E-state index contributed by atoms with van der Waals surface area (Å²) in [4.78, 5) is 1.69. The van der Waals surface area contributed by atoms with Gasteiger partial charge in [-0.1, -0.05) is 36.4 Å². The van der Waals surface area contributed by atoms with Crippen molar-refractivity contribution in [3.05, 3.63) is 54.6 Å². The quantitative estimate of drug-likeness (QED) is 0.776. The van der Waals surface area contributed by atoms with Gasteiger partial charge in [0, 0.05) is 18.9 Å². The number of allylic oxidation sites excluding steroid dienone is 1. The molecule has 1 radical (unpaired) electrons. The predicted molar refractivity (Wildman–Crippen MR) is 64.7 cm³/mol. The fraction of sp³-hybridized carbons (Fsp3) is 0.357. The van der Waals surface area contributed by atoms with Crippen LogP contribution >= 0.6 is 0 Å². The lowest BCUT2D eigenvalue weighted by molar-refractivity contribution is 0.0155. The van der Waals surface area contributed by atoms with E-state index in [-0.39, 0.29) is 19.0 Å². The monoisotopic (exact) mass is 236 g/mol. The van der Waals surface area contributed by atoms with E-state index in [0.717, 1.165) is 5.56 Å². The molecule has 91 valence electrons. The fourth-order valence-corrected chi connectivity index (χ4v) is 2.07. The van der Waals surface area contributed by atoms with Crippen molar-refractivity contribution < 1.29 is 8.78 Å². The summed E-state index contributed by atoms with van der Waals surface area (Å²) in [5, 5.41) is 0. The van der Waals surface area contributed by atoms with Crippen molar-refractivity contribution >= 4 is 0 Å². The van der Waals surface area contributed by atoms with Gasteiger partial charge in [-0.05, 0) is 18.7 Å². The van der Waals surface area contributed by atoms with Gasteiger partial charge in [0.1, 0.15) is 0 Å². The SMILES string of the molecule is C[C@@H]1CC(F)(F)CN1/C=C/[CH]c1ccccc1. The van der Waals surface area contributed by atoms with Gasteiger partial charge in [0.25, 0.3) is 5.92 Å². The van der Waals surface area contributed by atoms with Crippen molar-refractivity contribution in [1.82, 2.24) is 4.90 Å². The second-order valence-corrected chi connectivity index (χ2v) is 4.50. The summed E-state index contributed by atoms with van der Waals surface area (Å²) in [5.74, 6) is -2.55. The molecule has 0 saturated carbocycles. The van der Waals surface area contributed by atoms with Crippen molar-refractivity contribution in [3.63, 3.8) is 0 Å². The number of alkyl halides is 2. The molecule has 1 atom stereocenters. The maximum atomic E-state index is 13.1. The second-order valence-electron chi connectivity index (χ2n) is 4.50. The molecule has 0 aromatic heterocycles. The first-order chi connectivity index (χ1) is 8.07. The Labute approximate surface area is 101 Å². The third kappa shape index (κ3) is 3.29. The highest BCUT2D eigenvalue weighted by Crippen LogP contribution is 2.31. The van der Waals surface area contributed by atoms with Gasteiger partial charge in [0.15, 0.2) is 0 Å². The van der Waals surface area contributed by atoms with E-state index in [9.17, 15) is 8.78 Å². The van der Waals surface area contributed by atoms with Gasteiger partial charge < -0.3 is 4.90 Å². The van der Waals surface area contributed by atoms with Crippen LogP contribution < -0.4 is 0 Å². The zero-order chi connectivity index (χ0) is 12.3. The number of nitrogens with zero attached hydrogens (tertiary/aromatic N) is 1. The molecule has 2 rings (SSSR count). The topological polar surface area (TPSA) is 3.24 Å². The number of benzene rings is 1. The first-order valence-electron chi connectivity index (χ1n) is 5.77. The summed E-state index contributed by atoms with van der Waals surface area (Å²) >= 11 is 0. The fourth-order valence-electron chi connectivity index (χ4n) is 2.07. The van der Waals surface area contributed by atoms with Crippen LogP contribution in [0.4, 0.5) is 8.78 Å². The number of halogens is 2. The standard InChI is InChI=1S/C14H16F2N/c1-12-10-14(15,16)11-17(12)9-5-8-13-6-3-2-4-7-13/h2-9,12H,10-11H2,1H3/b9-5+/t12-/m1/s1. The van der Waals surface area contributed by atoms with Crippen molar-refractivity contribution in [3.8, 4) is 0 Å². The molecule has 1 heterocycles. The Kier molecular flexibility index (Phi) is 3.46. The molecule has 0 bridgehead atoms. The minimum absolute atomic E-state index is 0.0529. The van der Waals surface area contributed by atoms with Crippen molar-refractivity contribution in [2.24, 2.45) is 0 Å². The maximum Gasteiger partial charge on any atom is 0.267 e. The van der Waals surface area contributed by atoms with Crippen LogP contribution in [0, 0.1) is 6.42 Å². The lowest BCUT2D eigenvalue weighted by Crippen LogP contribution is -2.23. The average molecular weight is 236 g/mol. The zero-order valence-electron chi connectivity index (χ0n) is 9.81. The molecular formula is C14H16F2N. The van der Waals surface area contributed by atoms with E-state index in [4.69, 9.17) is 0 Å². The molecule has 0 N–H and O–H groups in total. The van der Waals surface area contributed by atoms with Gasteiger partial charge in [-0.2, -0.15) is 0 Å². The summed E-state index contributed by atoms with van der Waals surface area (Å²) in [6, 6.07) is 9.71. The third-order valence-corrected chi connectivity index (χ3v) is 2.94. The van der Waals surface area contributed by atoms with Gasteiger partial charge in [-0.15, -0.1) is 0 Å². The van der Waals surface area contributed by atoms with Gasteiger partial charge in [-0.3, -0.25) is 0 Å². The molecule has 1 aromatic carbocycles. The average Bonchev–Trinajstić information content (AvgIpc) is 2.53. The Balaban J connectivity index is 1.90. The maximum absolute atomic E-state index is 13.1. The zero-order valence-corrected chi connectivity index (χ0v) is 9.81. The molecule has 1 aromatic rings. The summed E-state index contributed by atoms with van der Waals surface area (Å²) in [6.45, 7) is 1.65. The van der Waals surface area contributed by atoms with Crippen LogP contribution in [0.3, 0.4) is 0 Å². The van der Waals surface area contributed by atoms with E-state index in [1.807, 2.05) is 49.8 Å². The van der Waals surface area contributed by atoms with E-state index in [2.05, 4.69) is 0 Å². The lowest BCUT2D eigenvalue weighted by Gasteiger charge is -2.17. The summed E-state index contributed by atoms with van der Waals surface area (Å²) in [7, 11) is 0. The van der Waals surface area contributed by atoms with Crippen LogP contribution in [0.15, 0.2) is 42.6 Å². The Morgan fingerprint density at radius 3 is 2.59 bits per heavy atom. The van der Waals surface area contributed by atoms with Crippen LogP contribution in [-0.4, -0.2) is 23.4 Å². The Bertz CT molecular complexity index is 386. The highest BCUT2D eigenvalue weighted by Gasteiger charge is 2.41. The molecule has 17 heavy (non-hydrogen) atoms. The smallest absolute Gasteiger partial charge is 0.267 e. The minimum atomic E-state index is -2.55. The molecule has 0 aliphatic carbocycles. The molecule has 0 spiro atoms. The van der Waals surface area contributed by atoms with E-state index in [1.165, 1.54) is 0 Å². The van der Waals surface area contributed by atoms with Crippen molar-refractivity contribution in [1.29, 1.82) is 0 Å². The Morgan fingerprint density at radius 1 is 1.29 bits per heavy atom. The number of hydrogen-bond donors (Lipinski definition) is 0. The highest BCUT2D eigenvalue weighted by molar-refractivity contribution is 5.27. The van der Waals surface area contributed by atoms with E-state index >= 15 is 0 Å². The van der Waals surface area contributed by atoms with E-state index in [1.54, 1.807) is 11.1 Å². The van der Waals surface area contributed by atoms with Crippen LogP contribution in [0.25, 0.3) is 0 Å². The Hall–Kier alpha value is -1.38. The van der Waals surface area contributed by atoms with Crippen LogP contribution in [0.1, 0.15) is 18.9 Å². The molecule has 1 nitrogen and oxygen atoms in total. The molecule has 0 unspecified atom stereocenters. The lowest BCUT2D eigenvalue weighted by atomic mass is 10.1. The minimum Gasteiger partial charge on any atom is -0.369 e. The number of rotatable bonds is 3. The summed E-state index contributed by atoms with van der Waals surface area (Å²) in [6.07, 6.45) is 5.44. The van der Waals surface area contributed by atoms with Gasteiger partial charge >= 0.3 is 0 Å². The van der Waals surface area contributed by atoms with Gasteiger partial charge in [0.05, 0.1) is 6.54 Å². The first-order valence-corrected chi connectivity index (χ1v) is 5.77. The first kappa shape index (κ1) is 12.1. The third-order valence-electron chi connectivity index (χ3n) is 2.94. The number of likely N-dealkylation sites (tertiary alicyclic amines) is 1. The molecule has 3 heteroatoms. The molecule has 1 aliphatic rings. The second kappa shape index (κ2) is 4.86. The number of hydrogen-bond acceptors (Lipinski definition) is 1. The van der Waals surface area contributed by atoms with Gasteiger partial charge in [0.2, 0.25) is 0 Å². The van der Waals surface area contributed by atoms with E-state index < -0.39 is 5.92 Å². The summed E-state index contributed by atoms with van der Waals surface area (Å²) in [5.41, 5.74) is 1.07. The molecular weight excluding hydrogens is 220 g/mol. The summed E-state index contributed by atoms with van der Waals surface area (Å²) < 4.78 is 26.2. The molecule has 1 aliphatic heterocycles. The van der Waals surface area contributed by atoms with Gasteiger partial charge in [-0.25, -0.2) is 8.78 Å². The predicted octanol–water partition coefficient (Wildman–Crippen LogP) is 3.48. The molecule has 0 amide bonds. The molecule has 1 fully saturated rings. The van der Waals surface area contributed by atoms with Crippen LogP contribution in [-0.2, 0) is 0 Å². The van der Waals surface area contributed by atoms with Crippen molar-refractivity contribution in [2.45, 2.75) is 25.3 Å². The van der Waals surface area contributed by atoms with Crippen LogP contribution in [0.2, 0.25) is 0 Å². The molecule has 1 saturated heterocycles. The Morgan fingerprint density at radius 2 is 2.00 bits per heavy atom. The van der Waals surface area contributed by atoms with E-state index in [0.29, 0.717) is 0 Å². The largest absolute Gasteiger partial charge is 0.369 e. The van der Waals surface area contributed by atoms with Crippen molar-refractivity contribution in [2.75, 3.05) is 6.54 Å².